The Labute approximate surface area is 119 Å². The maximum Gasteiger partial charge on any atom is 0.410 e. The number of carbonyl (C=O) groups excluding carboxylic acids is 1. The van der Waals surface area contributed by atoms with E-state index in [0.717, 1.165) is 11.3 Å². The Balaban J connectivity index is 2.07. The number of fused-ring (bicyclic) bond motifs is 1. The minimum absolute atomic E-state index is 0.316. The third kappa shape index (κ3) is 3.50. The molecule has 0 saturated heterocycles. The Morgan fingerprint density at radius 1 is 1.35 bits per heavy atom. The second-order valence-electron chi connectivity index (χ2n) is 6.92. The van der Waals surface area contributed by atoms with Crippen LogP contribution in [0, 0.1) is 0 Å². The molecule has 0 radical (unpaired) electrons. The third-order valence-corrected chi connectivity index (χ3v) is 2.93. The fourth-order valence-corrected chi connectivity index (χ4v) is 2.17. The van der Waals surface area contributed by atoms with Crippen molar-refractivity contribution in [3.8, 4) is 0 Å². The van der Waals surface area contributed by atoms with Crippen LogP contribution >= 0.6 is 0 Å². The van der Waals surface area contributed by atoms with Gasteiger partial charge in [-0.2, -0.15) is 5.10 Å². The minimum atomic E-state index is -0.834. The lowest BCUT2D eigenvalue weighted by Crippen LogP contribution is -2.34. The molecule has 20 heavy (non-hydrogen) atoms. The van der Waals surface area contributed by atoms with Gasteiger partial charge in [0.15, 0.2) is 0 Å². The zero-order valence-electron chi connectivity index (χ0n) is 12.8. The number of hydrogen-bond acceptors (Lipinski definition) is 4. The Kier molecular flexibility index (Phi) is 3.54. The minimum Gasteiger partial charge on any atom is -0.444 e. The molecule has 1 aromatic rings. The van der Waals surface area contributed by atoms with E-state index in [9.17, 15) is 9.90 Å². The number of aliphatic hydroxyl groups is 1. The van der Waals surface area contributed by atoms with Crippen LogP contribution in [0.15, 0.2) is 6.20 Å². The van der Waals surface area contributed by atoms with Crippen molar-refractivity contribution in [1.29, 1.82) is 0 Å². The highest BCUT2D eigenvalue weighted by atomic mass is 16.6. The van der Waals surface area contributed by atoms with Gasteiger partial charge in [0, 0.05) is 5.56 Å². The standard InChI is InChI=1S/C14H23N3O3/c1-13(2,3)20-12(18)16-7-10-6-15-17(11(10)8-16)9-14(4,5)19/h6,19H,7-9H2,1-5H3. The predicted octanol–water partition coefficient (Wildman–Crippen LogP) is 1.90. The molecule has 0 unspecified atom stereocenters. The molecule has 1 amide bonds. The summed E-state index contributed by atoms with van der Waals surface area (Å²) < 4.78 is 7.13. The molecular weight excluding hydrogens is 258 g/mol. The monoisotopic (exact) mass is 281 g/mol. The van der Waals surface area contributed by atoms with Gasteiger partial charge in [0.25, 0.3) is 0 Å². The Morgan fingerprint density at radius 3 is 2.55 bits per heavy atom. The van der Waals surface area contributed by atoms with Crippen molar-refractivity contribution in [3.63, 3.8) is 0 Å². The van der Waals surface area contributed by atoms with Crippen LogP contribution in [-0.2, 0) is 24.4 Å². The molecule has 0 aliphatic carbocycles. The van der Waals surface area contributed by atoms with Gasteiger partial charge >= 0.3 is 6.09 Å². The first kappa shape index (κ1) is 14.8. The van der Waals surface area contributed by atoms with Crippen LogP contribution in [0.4, 0.5) is 4.79 Å². The van der Waals surface area contributed by atoms with Crippen LogP contribution in [0.5, 0.6) is 0 Å². The Hall–Kier alpha value is -1.56. The molecule has 6 nitrogen and oxygen atoms in total. The molecule has 0 aromatic carbocycles. The first-order valence-corrected chi connectivity index (χ1v) is 6.79. The largest absolute Gasteiger partial charge is 0.444 e. The number of nitrogens with zero attached hydrogens (tertiary/aromatic N) is 3. The van der Waals surface area contributed by atoms with Crippen molar-refractivity contribution in [1.82, 2.24) is 14.7 Å². The summed E-state index contributed by atoms with van der Waals surface area (Å²) in [4.78, 5) is 13.7. The van der Waals surface area contributed by atoms with Crippen molar-refractivity contribution in [2.75, 3.05) is 0 Å². The zero-order valence-corrected chi connectivity index (χ0v) is 12.8. The third-order valence-electron chi connectivity index (χ3n) is 2.93. The van der Waals surface area contributed by atoms with E-state index in [1.54, 1.807) is 29.6 Å². The molecule has 2 rings (SSSR count). The summed E-state index contributed by atoms with van der Waals surface area (Å²) in [7, 11) is 0. The number of amides is 1. The van der Waals surface area contributed by atoms with Gasteiger partial charge in [-0.15, -0.1) is 0 Å². The van der Waals surface area contributed by atoms with Crippen molar-refractivity contribution in [3.05, 3.63) is 17.5 Å². The fourth-order valence-electron chi connectivity index (χ4n) is 2.17. The van der Waals surface area contributed by atoms with Gasteiger partial charge in [-0.05, 0) is 34.6 Å². The summed E-state index contributed by atoms with van der Waals surface area (Å²) in [5.41, 5.74) is 0.655. The smallest absolute Gasteiger partial charge is 0.410 e. The van der Waals surface area contributed by atoms with Crippen molar-refractivity contribution >= 4 is 6.09 Å². The summed E-state index contributed by atoms with van der Waals surface area (Å²) in [6, 6.07) is 0. The highest BCUT2D eigenvalue weighted by molar-refractivity contribution is 5.69. The molecule has 2 heterocycles. The highest BCUT2D eigenvalue weighted by Crippen LogP contribution is 2.25. The number of hydrogen-bond donors (Lipinski definition) is 1. The van der Waals surface area contributed by atoms with E-state index >= 15 is 0 Å². The fraction of sp³-hybridized carbons (Fsp3) is 0.714. The molecule has 112 valence electrons. The molecule has 1 aromatic heterocycles. The predicted molar refractivity (Wildman–Crippen MR) is 74.0 cm³/mol. The van der Waals surface area contributed by atoms with Crippen LogP contribution in [0.3, 0.4) is 0 Å². The zero-order chi connectivity index (χ0) is 15.1. The van der Waals surface area contributed by atoms with E-state index in [1.807, 2.05) is 20.8 Å². The molecule has 0 saturated carbocycles. The maximum atomic E-state index is 12.0. The SMILES string of the molecule is CC(C)(O)Cn1ncc2c1CN(C(=O)OC(C)(C)C)C2. The van der Waals surface area contributed by atoms with Gasteiger partial charge < -0.3 is 9.84 Å². The van der Waals surface area contributed by atoms with Crippen LogP contribution in [0.25, 0.3) is 0 Å². The maximum absolute atomic E-state index is 12.0. The van der Waals surface area contributed by atoms with Crippen molar-refractivity contribution in [2.24, 2.45) is 0 Å². The van der Waals surface area contributed by atoms with Gasteiger partial charge in [0.1, 0.15) is 5.60 Å². The molecule has 1 aliphatic heterocycles. The number of ether oxygens (including phenoxy) is 1. The van der Waals surface area contributed by atoms with E-state index in [2.05, 4.69) is 5.10 Å². The van der Waals surface area contributed by atoms with Crippen LogP contribution in [0.2, 0.25) is 0 Å². The van der Waals surface area contributed by atoms with Gasteiger partial charge in [-0.3, -0.25) is 9.58 Å². The Bertz CT molecular complexity index is 509. The molecular formula is C14H23N3O3. The van der Waals surface area contributed by atoms with Crippen LogP contribution in [0.1, 0.15) is 45.9 Å². The lowest BCUT2D eigenvalue weighted by Gasteiger charge is -2.24. The molecule has 0 spiro atoms. The highest BCUT2D eigenvalue weighted by Gasteiger charge is 2.31. The topological polar surface area (TPSA) is 67.6 Å². The van der Waals surface area contributed by atoms with Gasteiger partial charge in [0.2, 0.25) is 0 Å². The van der Waals surface area contributed by atoms with E-state index in [-0.39, 0.29) is 6.09 Å². The number of aromatic nitrogens is 2. The first-order valence-electron chi connectivity index (χ1n) is 6.79. The van der Waals surface area contributed by atoms with Gasteiger partial charge in [-0.25, -0.2) is 4.79 Å². The van der Waals surface area contributed by atoms with Crippen LogP contribution in [-0.4, -0.2) is 37.1 Å². The second kappa shape index (κ2) is 4.77. The summed E-state index contributed by atoms with van der Waals surface area (Å²) in [5, 5.41) is 14.2. The van der Waals surface area contributed by atoms with Gasteiger partial charge in [0.05, 0.1) is 37.1 Å². The molecule has 1 aliphatic rings. The molecule has 6 heteroatoms. The summed E-state index contributed by atoms with van der Waals surface area (Å²) in [5.74, 6) is 0. The normalized spacial score (nSPS) is 15.4. The number of carbonyl (C=O) groups is 1. The quantitative estimate of drug-likeness (QED) is 0.899. The molecule has 1 N–H and O–H groups in total. The van der Waals surface area contributed by atoms with Gasteiger partial charge in [-0.1, -0.05) is 0 Å². The van der Waals surface area contributed by atoms with E-state index < -0.39 is 11.2 Å². The van der Waals surface area contributed by atoms with E-state index in [4.69, 9.17) is 4.74 Å². The lowest BCUT2D eigenvalue weighted by atomic mass is 10.1. The molecule has 0 atom stereocenters. The summed E-state index contributed by atoms with van der Waals surface area (Å²) in [6.45, 7) is 10.4. The van der Waals surface area contributed by atoms with Crippen molar-refractivity contribution in [2.45, 2.75) is 65.5 Å². The second-order valence-corrected chi connectivity index (χ2v) is 6.92. The molecule has 0 bridgehead atoms. The first-order chi connectivity index (χ1) is 9.05. The lowest BCUT2D eigenvalue weighted by molar-refractivity contribution is 0.0234. The van der Waals surface area contributed by atoms with Crippen molar-refractivity contribution < 1.29 is 14.6 Å². The van der Waals surface area contributed by atoms with Crippen LogP contribution < -0.4 is 0 Å². The summed E-state index contributed by atoms with van der Waals surface area (Å²) >= 11 is 0. The van der Waals surface area contributed by atoms with E-state index in [1.165, 1.54) is 0 Å². The molecule has 0 fully saturated rings. The average molecular weight is 281 g/mol. The Morgan fingerprint density at radius 2 is 2.00 bits per heavy atom. The van der Waals surface area contributed by atoms with E-state index in [0.29, 0.717) is 19.6 Å². The average Bonchev–Trinajstić information content (AvgIpc) is 2.75. The number of rotatable bonds is 2. The summed E-state index contributed by atoms with van der Waals surface area (Å²) in [6.07, 6.45) is 1.44.